The van der Waals surface area contributed by atoms with Gasteiger partial charge in [0.05, 0.1) is 17.7 Å². The predicted octanol–water partition coefficient (Wildman–Crippen LogP) is 4.99. The molecule has 0 radical (unpaired) electrons. The van der Waals surface area contributed by atoms with Crippen LogP contribution in [0.1, 0.15) is 40.1 Å². The van der Waals surface area contributed by atoms with Crippen molar-refractivity contribution in [3.8, 4) is 11.5 Å². The molecule has 2 aromatic rings. The lowest BCUT2D eigenvalue weighted by molar-refractivity contribution is 0.100. The standard InChI is InChI=1S/C18H16Cl2O4/c1-10(21)12-4-5-17(23-3)13(6-12)9-24-18-15(11(2)22)7-14(19)8-16(18)20/h4-8H,9H2,1-3H3. The van der Waals surface area contributed by atoms with Crippen LogP contribution >= 0.6 is 23.2 Å². The van der Waals surface area contributed by atoms with E-state index in [1.807, 2.05) is 0 Å². The molecule has 0 amide bonds. The number of hydrogen-bond donors (Lipinski definition) is 0. The van der Waals surface area contributed by atoms with E-state index in [1.165, 1.54) is 33.1 Å². The van der Waals surface area contributed by atoms with Crippen LogP contribution < -0.4 is 9.47 Å². The normalized spacial score (nSPS) is 10.4. The highest BCUT2D eigenvalue weighted by molar-refractivity contribution is 6.36. The van der Waals surface area contributed by atoms with Crippen LogP contribution in [0.15, 0.2) is 30.3 Å². The van der Waals surface area contributed by atoms with Crippen LogP contribution in [0, 0.1) is 0 Å². The van der Waals surface area contributed by atoms with Crippen molar-refractivity contribution in [1.82, 2.24) is 0 Å². The number of Topliss-reactive ketones (excluding diaryl/α,β-unsaturated/α-hetero) is 2. The Morgan fingerprint density at radius 3 is 2.33 bits per heavy atom. The lowest BCUT2D eigenvalue weighted by Crippen LogP contribution is -2.05. The Kier molecular flexibility index (Phi) is 5.86. The molecule has 6 heteroatoms. The van der Waals surface area contributed by atoms with Gasteiger partial charge in [0.15, 0.2) is 11.6 Å². The third-order valence-electron chi connectivity index (χ3n) is 3.45. The van der Waals surface area contributed by atoms with Crippen LogP contribution in [-0.4, -0.2) is 18.7 Å². The Morgan fingerprint density at radius 2 is 1.75 bits per heavy atom. The fourth-order valence-corrected chi connectivity index (χ4v) is 2.78. The number of carbonyl (C=O) groups excluding carboxylic acids is 2. The zero-order valence-electron chi connectivity index (χ0n) is 13.5. The van der Waals surface area contributed by atoms with Crippen molar-refractivity contribution in [2.45, 2.75) is 20.5 Å². The molecule has 0 spiro atoms. The maximum atomic E-state index is 11.8. The summed E-state index contributed by atoms with van der Waals surface area (Å²) in [5.74, 6) is 0.560. The first-order valence-electron chi connectivity index (χ1n) is 7.14. The van der Waals surface area contributed by atoms with E-state index in [9.17, 15) is 9.59 Å². The fraction of sp³-hybridized carbons (Fsp3) is 0.222. The highest BCUT2D eigenvalue weighted by Crippen LogP contribution is 2.34. The monoisotopic (exact) mass is 366 g/mol. The van der Waals surface area contributed by atoms with E-state index >= 15 is 0 Å². The Hall–Kier alpha value is -2.04. The van der Waals surface area contributed by atoms with Crippen molar-refractivity contribution in [2.75, 3.05) is 7.11 Å². The van der Waals surface area contributed by atoms with Crippen LogP contribution in [0.5, 0.6) is 11.5 Å². The molecule has 0 bridgehead atoms. The first kappa shape index (κ1) is 18.3. The third-order valence-corrected chi connectivity index (χ3v) is 3.95. The molecule has 0 saturated carbocycles. The molecule has 2 aromatic carbocycles. The molecule has 2 rings (SSSR count). The molecule has 0 aliphatic rings. The summed E-state index contributed by atoms with van der Waals surface area (Å²) in [6, 6.07) is 8.09. The van der Waals surface area contributed by atoms with Gasteiger partial charge in [-0.25, -0.2) is 0 Å². The number of carbonyl (C=O) groups is 2. The second-order valence-electron chi connectivity index (χ2n) is 5.19. The number of ether oxygens (including phenoxy) is 2. The average Bonchev–Trinajstić information content (AvgIpc) is 2.52. The molecule has 0 saturated heterocycles. The Balaban J connectivity index is 2.36. The summed E-state index contributed by atoms with van der Waals surface area (Å²) >= 11 is 12.1. The maximum Gasteiger partial charge on any atom is 0.163 e. The topological polar surface area (TPSA) is 52.6 Å². The van der Waals surface area contributed by atoms with E-state index in [0.29, 0.717) is 27.5 Å². The van der Waals surface area contributed by atoms with Crippen LogP contribution in [0.25, 0.3) is 0 Å². The average molecular weight is 367 g/mol. The summed E-state index contributed by atoms with van der Waals surface area (Å²) in [5, 5.41) is 0.600. The number of benzene rings is 2. The Labute approximate surface area is 150 Å². The molecular formula is C18H16Cl2O4. The summed E-state index contributed by atoms with van der Waals surface area (Å²) in [5.41, 5.74) is 1.52. The van der Waals surface area contributed by atoms with E-state index in [1.54, 1.807) is 18.2 Å². The summed E-state index contributed by atoms with van der Waals surface area (Å²) < 4.78 is 11.0. The molecule has 0 fully saturated rings. The SMILES string of the molecule is COc1ccc(C(C)=O)cc1COc1c(Cl)cc(Cl)cc1C(C)=O. The Morgan fingerprint density at radius 1 is 1.04 bits per heavy atom. The van der Waals surface area contributed by atoms with E-state index in [2.05, 4.69) is 0 Å². The quantitative estimate of drug-likeness (QED) is 0.676. The smallest absolute Gasteiger partial charge is 0.163 e. The van der Waals surface area contributed by atoms with Crippen molar-refractivity contribution >= 4 is 34.8 Å². The van der Waals surface area contributed by atoms with Crippen molar-refractivity contribution in [3.63, 3.8) is 0 Å². The van der Waals surface area contributed by atoms with Gasteiger partial charge < -0.3 is 9.47 Å². The highest BCUT2D eigenvalue weighted by atomic mass is 35.5. The zero-order valence-corrected chi connectivity index (χ0v) is 15.0. The van der Waals surface area contributed by atoms with Crippen molar-refractivity contribution in [2.24, 2.45) is 0 Å². The predicted molar refractivity (Wildman–Crippen MR) is 93.8 cm³/mol. The first-order valence-corrected chi connectivity index (χ1v) is 7.89. The molecular weight excluding hydrogens is 351 g/mol. The summed E-state index contributed by atoms with van der Waals surface area (Å²) in [7, 11) is 1.53. The van der Waals surface area contributed by atoms with E-state index < -0.39 is 0 Å². The minimum Gasteiger partial charge on any atom is -0.496 e. The molecule has 0 unspecified atom stereocenters. The number of methoxy groups -OCH3 is 1. The van der Waals surface area contributed by atoms with Crippen LogP contribution in [0.4, 0.5) is 0 Å². The Bertz CT molecular complexity index is 800. The molecule has 0 heterocycles. The van der Waals surface area contributed by atoms with Gasteiger partial charge in [-0.15, -0.1) is 0 Å². The molecule has 24 heavy (non-hydrogen) atoms. The first-order chi connectivity index (χ1) is 11.3. The summed E-state index contributed by atoms with van der Waals surface area (Å²) in [4.78, 5) is 23.3. The van der Waals surface area contributed by atoms with Crippen LogP contribution in [0.3, 0.4) is 0 Å². The lowest BCUT2D eigenvalue weighted by atomic mass is 10.1. The van der Waals surface area contributed by atoms with Crippen LogP contribution in [0.2, 0.25) is 10.0 Å². The molecule has 126 valence electrons. The highest BCUT2D eigenvalue weighted by Gasteiger charge is 2.16. The number of halogens is 2. The number of hydrogen-bond acceptors (Lipinski definition) is 4. The zero-order chi connectivity index (χ0) is 17.9. The van der Waals surface area contributed by atoms with Gasteiger partial charge in [-0.2, -0.15) is 0 Å². The molecule has 0 aromatic heterocycles. The maximum absolute atomic E-state index is 11.8. The minimum atomic E-state index is -0.209. The molecule has 0 aliphatic heterocycles. The van der Waals surface area contributed by atoms with Gasteiger partial charge in [0.2, 0.25) is 0 Å². The van der Waals surface area contributed by atoms with Gasteiger partial charge in [-0.3, -0.25) is 9.59 Å². The van der Waals surface area contributed by atoms with Crippen LogP contribution in [-0.2, 0) is 6.61 Å². The second-order valence-corrected chi connectivity index (χ2v) is 6.04. The van der Waals surface area contributed by atoms with Crippen molar-refractivity contribution in [3.05, 3.63) is 57.1 Å². The lowest BCUT2D eigenvalue weighted by Gasteiger charge is -2.14. The summed E-state index contributed by atoms with van der Waals surface area (Å²) in [6.45, 7) is 2.98. The van der Waals surface area contributed by atoms with Gasteiger partial charge in [0, 0.05) is 16.1 Å². The van der Waals surface area contributed by atoms with E-state index in [0.717, 1.165) is 0 Å². The number of ketones is 2. The van der Waals surface area contributed by atoms with E-state index in [-0.39, 0.29) is 28.9 Å². The van der Waals surface area contributed by atoms with E-state index in [4.69, 9.17) is 32.7 Å². The van der Waals surface area contributed by atoms with Gasteiger partial charge in [-0.1, -0.05) is 23.2 Å². The van der Waals surface area contributed by atoms with Gasteiger partial charge in [-0.05, 0) is 44.2 Å². The van der Waals surface area contributed by atoms with Crippen molar-refractivity contribution in [1.29, 1.82) is 0 Å². The van der Waals surface area contributed by atoms with Gasteiger partial charge in [0.1, 0.15) is 18.1 Å². The third kappa shape index (κ3) is 4.08. The van der Waals surface area contributed by atoms with Gasteiger partial charge >= 0.3 is 0 Å². The number of rotatable bonds is 6. The summed E-state index contributed by atoms with van der Waals surface area (Å²) in [6.07, 6.45) is 0. The largest absolute Gasteiger partial charge is 0.496 e. The van der Waals surface area contributed by atoms with Crippen molar-refractivity contribution < 1.29 is 19.1 Å². The molecule has 0 atom stereocenters. The second kappa shape index (κ2) is 7.69. The minimum absolute atomic E-state index is 0.0622. The molecule has 4 nitrogen and oxygen atoms in total. The molecule has 0 N–H and O–H groups in total. The fourth-order valence-electron chi connectivity index (χ4n) is 2.23. The van der Waals surface area contributed by atoms with Gasteiger partial charge in [0.25, 0.3) is 0 Å². The molecule has 0 aliphatic carbocycles.